The molecule has 0 bridgehead atoms. The van der Waals surface area contributed by atoms with E-state index in [2.05, 4.69) is 20.6 Å². The normalized spacial score (nSPS) is 18.9. The monoisotopic (exact) mass is 371 g/mol. The van der Waals surface area contributed by atoms with Crippen LogP contribution in [-0.4, -0.2) is 57.8 Å². The molecule has 1 aliphatic rings. The molecule has 2 aromatic rings. The molecule has 2 atom stereocenters. The van der Waals surface area contributed by atoms with Crippen LogP contribution in [0.3, 0.4) is 0 Å². The molecular formula is C18H21N5O4. The van der Waals surface area contributed by atoms with E-state index in [0.717, 1.165) is 0 Å². The van der Waals surface area contributed by atoms with E-state index in [1.54, 1.807) is 31.2 Å². The van der Waals surface area contributed by atoms with Gasteiger partial charge in [-0.1, -0.05) is 18.2 Å². The average molecular weight is 371 g/mol. The molecule has 1 aromatic heterocycles. The van der Waals surface area contributed by atoms with E-state index in [1.165, 1.54) is 11.1 Å². The van der Waals surface area contributed by atoms with Crippen LogP contribution in [0.1, 0.15) is 34.2 Å². The van der Waals surface area contributed by atoms with E-state index >= 15 is 0 Å². The minimum absolute atomic E-state index is 0.0994. The Hall–Kier alpha value is -3.36. The average Bonchev–Trinajstić information content (AvgIpc) is 3.28. The molecule has 27 heavy (non-hydrogen) atoms. The van der Waals surface area contributed by atoms with Gasteiger partial charge in [0.15, 0.2) is 0 Å². The highest BCUT2D eigenvalue weighted by Crippen LogP contribution is 2.21. The third-order valence-electron chi connectivity index (χ3n) is 4.41. The van der Waals surface area contributed by atoms with Gasteiger partial charge in [-0.2, -0.15) is 0 Å². The van der Waals surface area contributed by atoms with Gasteiger partial charge >= 0.3 is 5.69 Å². The third-order valence-corrected chi connectivity index (χ3v) is 4.41. The van der Waals surface area contributed by atoms with Crippen molar-refractivity contribution in [2.45, 2.75) is 25.4 Å². The number of rotatable bonds is 5. The summed E-state index contributed by atoms with van der Waals surface area (Å²) in [4.78, 5) is 54.9. The Bertz CT molecular complexity index is 888. The summed E-state index contributed by atoms with van der Waals surface area (Å²) in [6.45, 7) is 2.46. The molecule has 3 rings (SSSR count). The van der Waals surface area contributed by atoms with Gasteiger partial charge in [0.2, 0.25) is 5.91 Å². The number of nitrogens with one attached hydrogen (secondary N) is 4. The number of nitrogens with zero attached hydrogens (tertiary/aromatic N) is 1. The Labute approximate surface area is 155 Å². The molecule has 0 unspecified atom stereocenters. The molecule has 1 aromatic carbocycles. The van der Waals surface area contributed by atoms with Crippen LogP contribution in [0.15, 0.2) is 41.3 Å². The summed E-state index contributed by atoms with van der Waals surface area (Å²) in [7, 11) is 0. The first-order chi connectivity index (χ1) is 13.0. The molecule has 1 aliphatic heterocycles. The van der Waals surface area contributed by atoms with Gasteiger partial charge in [0, 0.05) is 30.9 Å². The lowest BCUT2D eigenvalue weighted by Gasteiger charge is -2.23. The van der Waals surface area contributed by atoms with E-state index in [4.69, 9.17) is 0 Å². The first kappa shape index (κ1) is 18.4. The van der Waals surface area contributed by atoms with Gasteiger partial charge in [0.25, 0.3) is 11.8 Å². The summed E-state index contributed by atoms with van der Waals surface area (Å²) in [6.07, 6.45) is 1.57. The summed E-state index contributed by atoms with van der Waals surface area (Å²) in [5.41, 5.74) is 0.101. The minimum atomic E-state index is -0.673. The molecule has 9 nitrogen and oxygen atoms in total. The number of H-pyrrole nitrogens is 2. The number of benzene rings is 1. The van der Waals surface area contributed by atoms with Crippen molar-refractivity contribution in [3.05, 3.63) is 58.3 Å². The van der Waals surface area contributed by atoms with Crippen LogP contribution in [0, 0.1) is 0 Å². The number of likely N-dealkylation sites (N-methyl/N-ethyl adjacent to an activating group) is 1. The molecule has 0 saturated carbocycles. The maximum absolute atomic E-state index is 12.9. The molecular weight excluding hydrogens is 350 g/mol. The number of carbonyl (C=O) groups excluding carboxylic acids is 3. The van der Waals surface area contributed by atoms with E-state index in [9.17, 15) is 19.2 Å². The summed E-state index contributed by atoms with van der Waals surface area (Å²) < 4.78 is 0. The highest BCUT2D eigenvalue weighted by Gasteiger charge is 2.40. The van der Waals surface area contributed by atoms with Gasteiger partial charge < -0.3 is 25.5 Å². The summed E-state index contributed by atoms with van der Waals surface area (Å²) in [6, 6.07) is 7.62. The Morgan fingerprint density at radius 1 is 1.22 bits per heavy atom. The second-order valence-corrected chi connectivity index (χ2v) is 6.30. The largest absolute Gasteiger partial charge is 0.355 e. The number of hydrogen-bond acceptors (Lipinski definition) is 4. The topological polar surface area (TPSA) is 127 Å². The lowest BCUT2D eigenvalue weighted by atomic mass is 10.1. The number of imidazole rings is 1. The smallest absolute Gasteiger partial charge is 0.323 e. The van der Waals surface area contributed by atoms with Crippen LogP contribution >= 0.6 is 0 Å². The van der Waals surface area contributed by atoms with E-state index in [-0.39, 0.29) is 24.1 Å². The predicted octanol–water partition coefficient (Wildman–Crippen LogP) is -0.148. The maximum Gasteiger partial charge on any atom is 0.323 e. The molecule has 1 fully saturated rings. The zero-order valence-electron chi connectivity index (χ0n) is 14.8. The molecule has 1 saturated heterocycles. The number of aromatic amines is 2. The van der Waals surface area contributed by atoms with E-state index in [1.807, 2.05) is 6.07 Å². The van der Waals surface area contributed by atoms with Crippen molar-refractivity contribution in [2.24, 2.45) is 0 Å². The fourth-order valence-corrected chi connectivity index (χ4v) is 3.17. The van der Waals surface area contributed by atoms with Gasteiger partial charge in [-0.15, -0.1) is 0 Å². The summed E-state index contributed by atoms with van der Waals surface area (Å²) >= 11 is 0. The lowest BCUT2D eigenvalue weighted by Crippen LogP contribution is -2.46. The van der Waals surface area contributed by atoms with Crippen LogP contribution in [0.4, 0.5) is 0 Å². The molecule has 9 heteroatoms. The van der Waals surface area contributed by atoms with Crippen LogP contribution in [0.25, 0.3) is 0 Å². The van der Waals surface area contributed by atoms with Gasteiger partial charge in [-0.25, -0.2) is 4.79 Å². The van der Waals surface area contributed by atoms with Crippen molar-refractivity contribution < 1.29 is 14.4 Å². The van der Waals surface area contributed by atoms with Gasteiger partial charge in [0.1, 0.15) is 11.7 Å². The zero-order valence-corrected chi connectivity index (χ0v) is 14.8. The first-order valence-corrected chi connectivity index (χ1v) is 8.72. The molecule has 3 amide bonds. The number of likely N-dealkylation sites (tertiary alicyclic amines) is 1. The van der Waals surface area contributed by atoms with Crippen molar-refractivity contribution in [2.75, 3.05) is 13.1 Å². The molecule has 142 valence electrons. The van der Waals surface area contributed by atoms with Crippen molar-refractivity contribution in [3.63, 3.8) is 0 Å². The second-order valence-electron chi connectivity index (χ2n) is 6.30. The first-order valence-electron chi connectivity index (χ1n) is 8.72. The van der Waals surface area contributed by atoms with Gasteiger partial charge in [-0.3, -0.25) is 14.4 Å². The van der Waals surface area contributed by atoms with Crippen LogP contribution in [0.5, 0.6) is 0 Å². The third kappa shape index (κ3) is 4.08. The highest BCUT2D eigenvalue weighted by molar-refractivity contribution is 5.98. The lowest BCUT2D eigenvalue weighted by molar-refractivity contribution is -0.124. The van der Waals surface area contributed by atoms with Crippen LogP contribution < -0.4 is 16.3 Å². The van der Waals surface area contributed by atoms with Crippen molar-refractivity contribution in [3.8, 4) is 0 Å². The summed E-state index contributed by atoms with van der Waals surface area (Å²) in [5, 5.41) is 5.50. The van der Waals surface area contributed by atoms with Crippen molar-refractivity contribution >= 4 is 17.7 Å². The highest BCUT2D eigenvalue weighted by atomic mass is 16.2. The SMILES string of the molecule is CCNC(=O)[C@@H]1C[C@H](NC(=O)c2c[nH]c(=O)[nH]2)CN1C(=O)c1ccccc1. The van der Waals surface area contributed by atoms with Crippen LogP contribution in [0.2, 0.25) is 0 Å². The molecule has 0 aliphatic carbocycles. The molecule has 2 heterocycles. The Morgan fingerprint density at radius 3 is 2.59 bits per heavy atom. The predicted molar refractivity (Wildman–Crippen MR) is 97.2 cm³/mol. The van der Waals surface area contributed by atoms with Crippen LogP contribution in [-0.2, 0) is 4.79 Å². The van der Waals surface area contributed by atoms with Gasteiger partial charge in [-0.05, 0) is 25.5 Å². The molecule has 0 radical (unpaired) electrons. The molecule has 4 N–H and O–H groups in total. The van der Waals surface area contributed by atoms with Gasteiger partial charge in [0.05, 0.1) is 0 Å². The Morgan fingerprint density at radius 2 is 1.96 bits per heavy atom. The standard InChI is InChI=1S/C18H21N5O4/c1-2-19-16(25)14-8-12(21-15(24)13-9-20-18(27)22-13)10-23(14)17(26)11-6-4-3-5-7-11/h3-7,9,12,14H,2,8,10H2,1H3,(H,19,25)(H,21,24)(H2,20,22,27)/t12-,14-/m0/s1. The Balaban J connectivity index is 1.76. The number of carbonyl (C=O) groups is 3. The summed E-state index contributed by atoms with van der Waals surface area (Å²) in [5.74, 6) is -0.991. The fourth-order valence-electron chi connectivity index (χ4n) is 3.17. The molecule has 0 spiro atoms. The van der Waals surface area contributed by atoms with E-state index in [0.29, 0.717) is 18.5 Å². The van der Waals surface area contributed by atoms with Crippen molar-refractivity contribution in [1.29, 1.82) is 0 Å². The second kappa shape index (κ2) is 7.90. The maximum atomic E-state index is 12.9. The Kier molecular flexibility index (Phi) is 5.39. The minimum Gasteiger partial charge on any atom is -0.355 e. The van der Waals surface area contributed by atoms with Crippen molar-refractivity contribution in [1.82, 2.24) is 25.5 Å². The quantitative estimate of drug-likeness (QED) is 0.583. The fraction of sp³-hybridized carbons (Fsp3) is 0.333. The zero-order chi connectivity index (χ0) is 19.4. The number of amides is 3. The number of aromatic nitrogens is 2. The number of hydrogen-bond donors (Lipinski definition) is 4. The van der Waals surface area contributed by atoms with E-state index < -0.39 is 23.7 Å².